The molecular weight excluding hydrogens is 265 g/mol. The fourth-order valence-corrected chi connectivity index (χ4v) is 3.48. The number of likely N-dealkylation sites (tertiary alicyclic amines) is 1. The Labute approximate surface area is 126 Å². The molecule has 2 nitrogen and oxygen atoms in total. The zero-order valence-corrected chi connectivity index (χ0v) is 12.6. The summed E-state index contributed by atoms with van der Waals surface area (Å²) < 4.78 is 13.2. The van der Waals surface area contributed by atoms with Crippen LogP contribution in [-0.2, 0) is 11.2 Å². The summed E-state index contributed by atoms with van der Waals surface area (Å²) in [6, 6.07) is 6.88. The summed E-state index contributed by atoms with van der Waals surface area (Å²) in [4.78, 5) is 14.4. The summed E-state index contributed by atoms with van der Waals surface area (Å²) in [7, 11) is 0. The first-order valence-corrected chi connectivity index (χ1v) is 8.25. The van der Waals surface area contributed by atoms with Crippen molar-refractivity contribution in [1.82, 2.24) is 4.90 Å². The van der Waals surface area contributed by atoms with E-state index in [1.807, 2.05) is 6.07 Å². The minimum atomic E-state index is -0.155. The molecule has 1 aromatic carbocycles. The Balaban J connectivity index is 1.50. The van der Waals surface area contributed by atoms with Gasteiger partial charge in [0, 0.05) is 19.0 Å². The molecule has 0 radical (unpaired) electrons. The molecule has 1 aromatic rings. The lowest BCUT2D eigenvalue weighted by Crippen LogP contribution is -2.44. The molecule has 1 saturated heterocycles. The third-order valence-corrected chi connectivity index (χ3v) is 5.02. The number of aryl methyl sites for hydroxylation is 1. The average molecular weight is 289 g/mol. The molecule has 0 spiro atoms. The van der Waals surface area contributed by atoms with E-state index in [0.717, 1.165) is 50.8 Å². The van der Waals surface area contributed by atoms with Gasteiger partial charge in [0.05, 0.1) is 0 Å². The van der Waals surface area contributed by atoms with Crippen LogP contribution in [0.25, 0.3) is 0 Å². The van der Waals surface area contributed by atoms with Crippen molar-refractivity contribution >= 4 is 5.91 Å². The van der Waals surface area contributed by atoms with Gasteiger partial charge in [0.2, 0.25) is 5.91 Å². The smallest absolute Gasteiger partial charge is 0.225 e. The van der Waals surface area contributed by atoms with Crippen molar-refractivity contribution in [3.8, 4) is 0 Å². The normalized spacial score (nSPS) is 22.9. The predicted molar refractivity (Wildman–Crippen MR) is 81.4 cm³/mol. The van der Waals surface area contributed by atoms with Crippen molar-refractivity contribution in [2.45, 2.75) is 44.9 Å². The Kier molecular flexibility index (Phi) is 4.57. The van der Waals surface area contributed by atoms with Gasteiger partial charge >= 0.3 is 0 Å². The number of halogens is 1. The number of amides is 1. The van der Waals surface area contributed by atoms with Crippen LogP contribution in [0.2, 0.25) is 0 Å². The molecule has 3 heteroatoms. The van der Waals surface area contributed by atoms with Crippen molar-refractivity contribution in [3.63, 3.8) is 0 Å². The number of hydrogen-bond donors (Lipinski definition) is 0. The molecule has 2 fully saturated rings. The number of benzene rings is 1. The first-order chi connectivity index (χ1) is 10.2. The zero-order valence-electron chi connectivity index (χ0n) is 12.6. The van der Waals surface area contributed by atoms with Gasteiger partial charge in [0.25, 0.3) is 0 Å². The first kappa shape index (κ1) is 14.6. The summed E-state index contributed by atoms with van der Waals surface area (Å²) in [6.07, 6.45) is 7.67. The molecule has 0 unspecified atom stereocenters. The molecule has 1 aliphatic carbocycles. The van der Waals surface area contributed by atoms with Crippen LogP contribution in [0.3, 0.4) is 0 Å². The molecule has 1 aliphatic heterocycles. The van der Waals surface area contributed by atoms with Crippen LogP contribution in [0.15, 0.2) is 24.3 Å². The largest absolute Gasteiger partial charge is 0.342 e. The summed E-state index contributed by atoms with van der Waals surface area (Å²) in [5.41, 5.74) is 1.07. The van der Waals surface area contributed by atoms with E-state index in [1.165, 1.54) is 18.9 Å². The second-order valence-electron chi connectivity index (χ2n) is 6.59. The molecule has 2 aliphatic rings. The topological polar surface area (TPSA) is 20.3 Å². The van der Waals surface area contributed by atoms with Crippen molar-refractivity contribution < 1.29 is 9.18 Å². The maximum absolute atomic E-state index is 13.2. The highest BCUT2D eigenvalue weighted by Crippen LogP contribution is 2.30. The van der Waals surface area contributed by atoms with E-state index in [1.54, 1.807) is 12.1 Å². The zero-order chi connectivity index (χ0) is 14.7. The van der Waals surface area contributed by atoms with Gasteiger partial charge in [0.15, 0.2) is 0 Å². The van der Waals surface area contributed by atoms with Crippen molar-refractivity contribution in [2.24, 2.45) is 11.8 Å². The molecule has 1 atom stereocenters. The highest BCUT2D eigenvalue weighted by atomic mass is 19.1. The molecular formula is C18H24FNO. The lowest BCUT2D eigenvalue weighted by molar-refractivity contribution is -0.140. The van der Waals surface area contributed by atoms with Crippen LogP contribution >= 0.6 is 0 Å². The third kappa shape index (κ3) is 3.63. The molecule has 1 amide bonds. The van der Waals surface area contributed by atoms with Gasteiger partial charge in [-0.15, -0.1) is 0 Å². The number of carbonyl (C=O) groups is 1. The number of hydrogen-bond acceptors (Lipinski definition) is 1. The Morgan fingerprint density at radius 1 is 1.24 bits per heavy atom. The van der Waals surface area contributed by atoms with E-state index in [4.69, 9.17) is 0 Å². The van der Waals surface area contributed by atoms with E-state index in [9.17, 15) is 9.18 Å². The van der Waals surface area contributed by atoms with Gasteiger partial charge in [-0.25, -0.2) is 4.39 Å². The summed E-state index contributed by atoms with van der Waals surface area (Å²) >= 11 is 0. The number of piperidine rings is 1. The molecule has 114 valence electrons. The van der Waals surface area contributed by atoms with Crippen LogP contribution in [0, 0.1) is 17.7 Å². The van der Waals surface area contributed by atoms with Crippen LogP contribution in [-0.4, -0.2) is 23.9 Å². The monoisotopic (exact) mass is 289 g/mol. The SMILES string of the molecule is O=C(C1CCC1)N1CCC[C@H](CCc2cccc(F)c2)C1. The second-order valence-corrected chi connectivity index (χ2v) is 6.59. The van der Waals surface area contributed by atoms with Crippen molar-refractivity contribution in [3.05, 3.63) is 35.6 Å². The Morgan fingerprint density at radius 3 is 2.81 bits per heavy atom. The van der Waals surface area contributed by atoms with Gasteiger partial charge in [-0.1, -0.05) is 18.6 Å². The molecule has 3 rings (SSSR count). The minimum Gasteiger partial charge on any atom is -0.342 e. The molecule has 0 N–H and O–H groups in total. The van der Waals surface area contributed by atoms with Crippen molar-refractivity contribution in [2.75, 3.05) is 13.1 Å². The minimum absolute atomic E-state index is 0.155. The Morgan fingerprint density at radius 2 is 2.10 bits per heavy atom. The fourth-order valence-electron chi connectivity index (χ4n) is 3.48. The number of nitrogens with zero attached hydrogens (tertiary/aromatic N) is 1. The lowest BCUT2D eigenvalue weighted by Gasteiger charge is -2.37. The summed E-state index contributed by atoms with van der Waals surface area (Å²) in [6.45, 7) is 1.84. The average Bonchev–Trinajstić information content (AvgIpc) is 2.44. The van der Waals surface area contributed by atoms with Gasteiger partial charge in [-0.05, 0) is 62.1 Å². The predicted octanol–water partition coefficient (Wildman–Crippen LogP) is 3.80. The number of carbonyl (C=O) groups excluding carboxylic acids is 1. The van der Waals surface area contributed by atoms with Crippen LogP contribution < -0.4 is 0 Å². The lowest BCUT2D eigenvalue weighted by atomic mass is 9.83. The quantitative estimate of drug-likeness (QED) is 0.825. The van der Waals surface area contributed by atoms with E-state index < -0.39 is 0 Å². The highest BCUT2D eigenvalue weighted by molar-refractivity contribution is 5.79. The van der Waals surface area contributed by atoms with Crippen molar-refractivity contribution in [1.29, 1.82) is 0 Å². The van der Waals surface area contributed by atoms with Gasteiger partial charge in [-0.3, -0.25) is 4.79 Å². The van der Waals surface area contributed by atoms with Crippen LogP contribution in [0.4, 0.5) is 4.39 Å². The van der Waals surface area contributed by atoms with Gasteiger partial charge < -0.3 is 4.90 Å². The van der Waals surface area contributed by atoms with E-state index in [0.29, 0.717) is 17.7 Å². The Hall–Kier alpha value is -1.38. The van der Waals surface area contributed by atoms with Crippen LogP contribution in [0.5, 0.6) is 0 Å². The molecule has 1 heterocycles. The first-order valence-electron chi connectivity index (χ1n) is 8.25. The summed E-state index contributed by atoms with van der Waals surface area (Å²) in [5, 5.41) is 0. The maximum Gasteiger partial charge on any atom is 0.225 e. The van der Waals surface area contributed by atoms with Gasteiger partial charge in [0.1, 0.15) is 5.82 Å². The molecule has 0 bridgehead atoms. The van der Waals surface area contributed by atoms with E-state index in [2.05, 4.69) is 4.90 Å². The summed E-state index contributed by atoms with van der Waals surface area (Å²) in [5.74, 6) is 1.12. The second kappa shape index (κ2) is 6.59. The Bertz CT molecular complexity index is 498. The fraction of sp³-hybridized carbons (Fsp3) is 0.611. The standard InChI is InChI=1S/C18H24FNO/c19-17-8-1-4-14(12-17)9-10-15-5-3-11-20(13-15)18(21)16-6-2-7-16/h1,4,8,12,15-16H,2-3,5-7,9-11,13H2/t15-/m1/s1. The molecule has 1 saturated carbocycles. The molecule has 21 heavy (non-hydrogen) atoms. The van der Waals surface area contributed by atoms with E-state index >= 15 is 0 Å². The number of rotatable bonds is 4. The van der Waals surface area contributed by atoms with E-state index in [-0.39, 0.29) is 5.82 Å². The van der Waals surface area contributed by atoms with Crippen LogP contribution in [0.1, 0.15) is 44.1 Å². The third-order valence-electron chi connectivity index (χ3n) is 5.02. The molecule has 0 aromatic heterocycles. The highest BCUT2D eigenvalue weighted by Gasteiger charge is 2.31. The van der Waals surface area contributed by atoms with Gasteiger partial charge in [-0.2, -0.15) is 0 Å². The maximum atomic E-state index is 13.2.